The quantitative estimate of drug-likeness (QED) is 0.0146. The number of rotatable bonds is 92. The van der Waals surface area contributed by atoms with Crippen molar-refractivity contribution in [1.82, 2.24) is 0 Å². The molecule has 0 spiro atoms. The minimum atomic E-state index is -4.96. The van der Waals surface area contributed by atoms with Gasteiger partial charge < -0.3 is 34.2 Å². The fourth-order valence-corrected chi connectivity index (χ4v) is 14.8. The number of carbonyl (C=O) groups excluding carboxylic acids is 3. The highest BCUT2D eigenvalue weighted by Gasteiger charge is 2.30. The lowest BCUT2D eigenvalue weighted by Gasteiger charge is -2.21. The molecule has 4 N–H and O–H groups in total. The molecule has 123 heavy (non-hydrogen) atoms. The molecule has 16 nitrogen and oxygen atoms in total. The predicted octanol–water partition coefficient (Wildman–Crippen LogP) is 30.8. The second-order valence-corrected chi connectivity index (χ2v) is 35.4. The van der Waals surface area contributed by atoms with Gasteiger partial charge in [-0.3, -0.25) is 32.5 Å². The van der Waals surface area contributed by atoms with Crippen LogP contribution >= 0.6 is 15.6 Å². The number of aliphatic hydroxyl groups is 2. The number of phosphoric acid groups is 2. The lowest BCUT2D eigenvalue weighted by atomic mass is 10.0. The maximum absolute atomic E-state index is 13.0. The second kappa shape index (κ2) is 95.7. The Morgan fingerprint density at radius 2 is 0.439 bits per heavy atom. The fraction of sp³-hybridized carbons (Fsp3) is 0.686. The third-order valence-electron chi connectivity index (χ3n) is 20.6. The van der Waals surface area contributed by atoms with E-state index in [1.54, 1.807) is 0 Å². The summed E-state index contributed by atoms with van der Waals surface area (Å²) in [5.41, 5.74) is 0. The van der Waals surface area contributed by atoms with Crippen molar-refractivity contribution in [2.24, 2.45) is 0 Å². The Bertz CT molecular complexity index is 2970. The summed E-state index contributed by atoms with van der Waals surface area (Å²) < 4.78 is 61.4. The molecular formula is C105H178O16P2. The molecule has 0 radical (unpaired) electrons. The van der Waals surface area contributed by atoms with Crippen LogP contribution in [0.3, 0.4) is 0 Å². The van der Waals surface area contributed by atoms with Crippen LogP contribution in [0.1, 0.15) is 406 Å². The van der Waals surface area contributed by atoms with Gasteiger partial charge in [0.05, 0.1) is 26.4 Å². The molecule has 0 amide bonds. The van der Waals surface area contributed by atoms with Crippen molar-refractivity contribution in [3.63, 3.8) is 0 Å². The van der Waals surface area contributed by atoms with Crippen LogP contribution in [-0.2, 0) is 55.8 Å². The van der Waals surface area contributed by atoms with Gasteiger partial charge in [0.1, 0.15) is 25.4 Å². The summed E-state index contributed by atoms with van der Waals surface area (Å²) in [7, 11) is -9.83. The van der Waals surface area contributed by atoms with E-state index in [2.05, 4.69) is 191 Å². The van der Waals surface area contributed by atoms with Crippen molar-refractivity contribution < 1.29 is 75.8 Å². The van der Waals surface area contributed by atoms with Gasteiger partial charge in [-0.25, -0.2) is 9.13 Å². The zero-order chi connectivity index (χ0) is 89.3. The average molecular weight is 1760 g/mol. The SMILES string of the molecule is CC/C=C\C/C=C\C/C=C\C/C=C\C/C=C\C/C=C\CCCCCCCCCCCCCCCCCCC(=O)OCC(O)COP(=O)(O)OCC(O)COP(=O)(O)OCC(COC(=O)CCCCCCCCCCCCCCCCCCCCC/C=C\C/C=C\C/C=C\C/C=C\CCCCC)OC(=O)CCC/C=C\C/C=C\C/C=C\C/C=C\C/C=C\CC. The highest BCUT2D eigenvalue weighted by atomic mass is 31.2. The van der Waals surface area contributed by atoms with E-state index in [0.29, 0.717) is 25.7 Å². The minimum absolute atomic E-state index is 0.0239. The molecule has 0 aliphatic carbocycles. The Balaban J connectivity index is 4.47. The number of hydrogen-bond acceptors (Lipinski definition) is 14. The molecule has 5 unspecified atom stereocenters. The van der Waals surface area contributed by atoms with Crippen molar-refractivity contribution in [1.29, 1.82) is 0 Å². The highest BCUT2D eigenvalue weighted by Crippen LogP contribution is 2.45. The Morgan fingerprint density at radius 1 is 0.236 bits per heavy atom. The summed E-state index contributed by atoms with van der Waals surface area (Å²) in [6.45, 7) is 2.40. The van der Waals surface area contributed by atoms with E-state index in [1.807, 2.05) is 12.2 Å². The largest absolute Gasteiger partial charge is 0.472 e. The van der Waals surface area contributed by atoms with E-state index in [0.717, 1.165) is 128 Å². The Morgan fingerprint density at radius 3 is 0.707 bits per heavy atom. The molecule has 5 atom stereocenters. The normalized spacial score (nSPS) is 14.5. The second-order valence-electron chi connectivity index (χ2n) is 32.5. The third-order valence-corrected chi connectivity index (χ3v) is 22.5. The standard InChI is InChI=1S/C105H178O16P2/c1-4-7-10-13-16-19-22-25-28-31-33-35-37-39-41-43-45-47-49-51-53-55-57-59-61-63-65-68-70-73-76-79-82-85-88-91-103(108)115-94-100(106)95-117-122(111,112)118-96-101(107)97-119-123(113,114)120-99-102(121-105(110)93-90-87-84-81-78-75-72-67-30-27-24-21-18-15-12-9-6-3)98-116-104(109)92-89-86-83-80-77-74-71-69-66-64-62-60-58-56-54-52-50-48-46-44-42-40-38-36-34-32-29-26-23-20-17-14-11-8-5-2/h7,9-10,12,16-21,25-30,33-36,39-42,45,47,72,75,81,84,100-102,106-107H,4-6,8,11,13-15,22-24,31-32,37-38,43-44,46,48-71,73-74,76-80,82-83,85-99H2,1-3H3,(H,111,112)(H,113,114)/b10-7-,12-9-,19-16-,20-17-,21-18-,28-25-,29-26-,30-27-,35-33-,36-34-,41-39-,42-40-,47-45-,75-72-,84-81-. The summed E-state index contributed by atoms with van der Waals surface area (Å²) in [5, 5.41) is 20.7. The van der Waals surface area contributed by atoms with E-state index in [4.69, 9.17) is 32.3 Å². The summed E-state index contributed by atoms with van der Waals surface area (Å²) in [6, 6.07) is 0. The van der Waals surface area contributed by atoms with Gasteiger partial charge in [0.2, 0.25) is 0 Å². The van der Waals surface area contributed by atoms with Gasteiger partial charge in [0.15, 0.2) is 6.10 Å². The van der Waals surface area contributed by atoms with Crippen LogP contribution in [0.2, 0.25) is 0 Å². The molecular weight excluding hydrogens is 1580 g/mol. The lowest BCUT2D eigenvalue weighted by molar-refractivity contribution is -0.161. The summed E-state index contributed by atoms with van der Waals surface area (Å²) in [4.78, 5) is 59.0. The van der Waals surface area contributed by atoms with Gasteiger partial charge in [-0.15, -0.1) is 0 Å². The molecule has 0 aromatic carbocycles. The number of esters is 3. The Hall–Kier alpha value is -5.35. The number of hydrogen-bond donors (Lipinski definition) is 4. The van der Waals surface area contributed by atoms with E-state index in [-0.39, 0.29) is 19.3 Å². The maximum Gasteiger partial charge on any atom is 0.472 e. The predicted molar refractivity (Wildman–Crippen MR) is 518 cm³/mol. The molecule has 0 rings (SSSR count). The monoisotopic (exact) mass is 1760 g/mol. The molecule has 0 aromatic rings. The lowest BCUT2D eigenvalue weighted by Crippen LogP contribution is -2.30. The van der Waals surface area contributed by atoms with Gasteiger partial charge in [0, 0.05) is 19.3 Å². The van der Waals surface area contributed by atoms with Crippen molar-refractivity contribution in [3.8, 4) is 0 Å². The number of carbonyl (C=O) groups is 3. The highest BCUT2D eigenvalue weighted by molar-refractivity contribution is 7.47. The fourth-order valence-electron chi connectivity index (χ4n) is 13.2. The molecule has 0 bridgehead atoms. The topological polar surface area (TPSA) is 231 Å². The first-order valence-electron chi connectivity index (χ1n) is 49.1. The van der Waals surface area contributed by atoms with Crippen molar-refractivity contribution in [3.05, 3.63) is 182 Å². The number of ether oxygens (including phenoxy) is 3. The van der Waals surface area contributed by atoms with Crippen molar-refractivity contribution >= 4 is 33.6 Å². The van der Waals surface area contributed by atoms with Crippen LogP contribution < -0.4 is 0 Å². The van der Waals surface area contributed by atoms with Crippen LogP contribution in [0.15, 0.2) is 182 Å². The number of aliphatic hydroxyl groups excluding tert-OH is 2. The summed E-state index contributed by atoms with van der Waals surface area (Å²) >= 11 is 0. The van der Waals surface area contributed by atoms with Gasteiger partial charge in [-0.2, -0.15) is 0 Å². The van der Waals surface area contributed by atoms with Gasteiger partial charge in [-0.05, 0) is 154 Å². The van der Waals surface area contributed by atoms with Crippen LogP contribution in [0.5, 0.6) is 0 Å². The minimum Gasteiger partial charge on any atom is -0.463 e. The van der Waals surface area contributed by atoms with Crippen molar-refractivity contribution in [2.45, 2.75) is 424 Å². The summed E-state index contributed by atoms with van der Waals surface area (Å²) in [6.07, 6.45) is 127. The molecule has 0 heterocycles. The molecule has 0 aliphatic heterocycles. The van der Waals surface area contributed by atoms with Gasteiger partial charge >= 0.3 is 33.6 Å². The van der Waals surface area contributed by atoms with Crippen LogP contribution in [0.4, 0.5) is 0 Å². The average Bonchev–Trinajstić information content (AvgIpc) is 0.897. The van der Waals surface area contributed by atoms with Gasteiger partial charge in [-0.1, -0.05) is 415 Å². The molecule has 0 aliphatic rings. The molecule has 0 aromatic heterocycles. The molecule has 0 saturated heterocycles. The Kier molecular flexibility index (Phi) is 91.6. The van der Waals surface area contributed by atoms with E-state index in [9.17, 15) is 43.5 Å². The third kappa shape index (κ3) is 97.1. The number of phosphoric ester groups is 2. The van der Waals surface area contributed by atoms with Crippen LogP contribution in [-0.4, -0.2) is 95.9 Å². The maximum atomic E-state index is 13.0. The first kappa shape index (κ1) is 118. The van der Waals surface area contributed by atoms with Crippen molar-refractivity contribution in [2.75, 3.05) is 39.6 Å². The molecule has 18 heteroatoms. The number of allylic oxidation sites excluding steroid dienone is 30. The van der Waals surface area contributed by atoms with E-state index in [1.165, 1.54) is 212 Å². The first-order valence-corrected chi connectivity index (χ1v) is 52.1. The molecule has 0 saturated carbocycles. The zero-order valence-electron chi connectivity index (χ0n) is 77.8. The molecule has 0 fully saturated rings. The van der Waals surface area contributed by atoms with Gasteiger partial charge in [0.25, 0.3) is 0 Å². The zero-order valence-corrected chi connectivity index (χ0v) is 79.6. The van der Waals surface area contributed by atoms with Crippen LogP contribution in [0, 0.1) is 0 Å². The van der Waals surface area contributed by atoms with E-state index < -0.39 is 91.5 Å². The Labute approximate surface area is 751 Å². The van der Waals surface area contributed by atoms with E-state index >= 15 is 0 Å². The van der Waals surface area contributed by atoms with Crippen LogP contribution in [0.25, 0.3) is 0 Å². The first-order chi connectivity index (χ1) is 60.2. The molecule has 704 valence electrons. The summed E-state index contributed by atoms with van der Waals surface area (Å²) in [5.74, 6) is -1.63. The smallest absolute Gasteiger partial charge is 0.463 e. The number of unbranched alkanes of at least 4 members (excludes halogenated alkanes) is 39.